The molecule has 1 fully saturated rings. The standard InChI is InChI=1S/C21H26N4O3/c1-28-19-5-3-2-4-17(19)15-24-21(27)20(26)23-14-16-8-12-25(13-9-16)18-6-10-22-11-7-18/h2-7,10-11,16H,8-9,12-15H2,1H3,(H,23,26)(H,24,27). The molecule has 0 saturated carbocycles. The Kier molecular flexibility index (Phi) is 6.84. The molecule has 1 aliphatic rings. The summed E-state index contributed by atoms with van der Waals surface area (Å²) >= 11 is 0. The van der Waals surface area contributed by atoms with Gasteiger partial charge in [0.1, 0.15) is 5.75 Å². The van der Waals surface area contributed by atoms with E-state index in [2.05, 4.69) is 20.5 Å². The van der Waals surface area contributed by atoms with Gasteiger partial charge in [0, 0.05) is 49.8 Å². The van der Waals surface area contributed by atoms with Crippen molar-refractivity contribution in [3.63, 3.8) is 0 Å². The average molecular weight is 382 g/mol. The Hall–Kier alpha value is -3.09. The van der Waals surface area contributed by atoms with Crippen LogP contribution in [0.4, 0.5) is 5.69 Å². The minimum atomic E-state index is -0.625. The number of nitrogens with zero attached hydrogens (tertiary/aromatic N) is 2. The highest BCUT2D eigenvalue weighted by atomic mass is 16.5. The molecule has 0 unspecified atom stereocenters. The Labute approximate surface area is 165 Å². The van der Waals surface area contributed by atoms with Gasteiger partial charge in [-0.3, -0.25) is 14.6 Å². The lowest BCUT2D eigenvalue weighted by Gasteiger charge is -2.33. The number of anilines is 1. The van der Waals surface area contributed by atoms with E-state index in [0.717, 1.165) is 31.5 Å². The van der Waals surface area contributed by atoms with Crippen molar-refractivity contribution in [2.75, 3.05) is 31.6 Å². The number of carbonyl (C=O) groups excluding carboxylic acids is 2. The molecule has 1 aromatic carbocycles. The van der Waals surface area contributed by atoms with Crippen molar-refractivity contribution >= 4 is 17.5 Å². The molecule has 0 atom stereocenters. The topological polar surface area (TPSA) is 83.6 Å². The predicted molar refractivity (Wildman–Crippen MR) is 107 cm³/mol. The zero-order valence-corrected chi connectivity index (χ0v) is 16.1. The highest BCUT2D eigenvalue weighted by Gasteiger charge is 2.21. The van der Waals surface area contributed by atoms with Gasteiger partial charge in [0.2, 0.25) is 0 Å². The third-order valence-electron chi connectivity index (χ3n) is 5.03. The molecule has 2 amide bonds. The van der Waals surface area contributed by atoms with Crippen LogP contribution in [0.5, 0.6) is 5.75 Å². The number of aromatic nitrogens is 1. The number of carbonyl (C=O) groups is 2. The molecule has 2 aromatic rings. The van der Waals surface area contributed by atoms with Gasteiger partial charge in [0.15, 0.2) is 0 Å². The lowest BCUT2D eigenvalue weighted by Crippen LogP contribution is -2.43. The number of ether oxygens (including phenoxy) is 1. The summed E-state index contributed by atoms with van der Waals surface area (Å²) in [6, 6.07) is 11.4. The third-order valence-corrected chi connectivity index (χ3v) is 5.03. The molecule has 0 bridgehead atoms. The minimum absolute atomic E-state index is 0.251. The minimum Gasteiger partial charge on any atom is -0.496 e. The first-order valence-electron chi connectivity index (χ1n) is 9.50. The van der Waals surface area contributed by atoms with Crippen molar-refractivity contribution in [3.8, 4) is 5.75 Å². The lowest BCUT2D eigenvalue weighted by molar-refractivity contribution is -0.139. The Balaban J connectivity index is 1.39. The highest BCUT2D eigenvalue weighted by molar-refractivity contribution is 6.35. The SMILES string of the molecule is COc1ccccc1CNC(=O)C(=O)NCC1CCN(c2ccncc2)CC1. The van der Waals surface area contributed by atoms with E-state index in [1.54, 1.807) is 19.5 Å². The van der Waals surface area contributed by atoms with Gasteiger partial charge < -0.3 is 20.3 Å². The van der Waals surface area contributed by atoms with Crippen LogP contribution >= 0.6 is 0 Å². The number of rotatable bonds is 6. The molecule has 1 saturated heterocycles. The van der Waals surface area contributed by atoms with Gasteiger partial charge in [-0.2, -0.15) is 0 Å². The van der Waals surface area contributed by atoms with Gasteiger partial charge in [-0.1, -0.05) is 18.2 Å². The highest BCUT2D eigenvalue weighted by Crippen LogP contribution is 2.22. The first-order chi connectivity index (χ1) is 13.7. The Bertz CT molecular complexity index is 789. The average Bonchev–Trinajstić information content (AvgIpc) is 2.77. The number of hydrogen-bond donors (Lipinski definition) is 2. The Morgan fingerprint density at radius 2 is 1.75 bits per heavy atom. The molecule has 7 heteroatoms. The summed E-state index contributed by atoms with van der Waals surface area (Å²) in [6.07, 6.45) is 5.55. The van der Waals surface area contributed by atoms with E-state index < -0.39 is 11.8 Å². The summed E-state index contributed by atoms with van der Waals surface area (Å²) in [5.41, 5.74) is 2.00. The van der Waals surface area contributed by atoms with Crippen LogP contribution in [0, 0.1) is 5.92 Å². The number of pyridine rings is 1. The van der Waals surface area contributed by atoms with Crippen LogP contribution in [0.1, 0.15) is 18.4 Å². The fourth-order valence-electron chi connectivity index (χ4n) is 3.37. The van der Waals surface area contributed by atoms with Gasteiger partial charge in [-0.25, -0.2) is 0 Å². The molecule has 2 N–H and O–H groups in total. The van der Waals surface area contributed by atoms with Crippen molar-refractivity contribution < 1.29 is 14.3 Å². The Morgan fingerprint density at radius 3 is 2.46 bits per heavy atom. The molecule has 2 heterocycles. The van der Waals surface area contributed by atoms with Crippen LogP contribution in [0.3, 0.4) is 0 Å². The van der Waals surface area contributed by atoms with Gasteiger partial charge in [-0.15, -0.1) is 0 Å². The molecule has 0 aliphatic carbocycles. The number of piperidine rings is 1. The quantitative estimate of drug-likeness (QED) is 0.744. The molecule has 0 spiro atoms. The number of benzene rings is 1. The van der Waals surface area contributed by atoms with E-state index in [1.165, 1.54) is 5.69 Å². The summed E-state index contributed by atoms with van der Waals surface area (Å²) in [5, 5.41) is 5.41. The molecule has 0 radical (unpaired) electrons. The van der Waals surface area contributed by atoms with Crippen LogP contribution in [-0.2, 0) is 16.1 Å². The van der Waals surface area contributed by atoms with Crippen LogP contribution < -0.4 is 20.3 Å². The van der Waals surface area contributed by atoms with E-state index >= 15 is 0 Å². The second kappa shape index (κ2) is 9.73. The summed E-state index contributed by atoms with van der Waals surface area (Å²) < 4.78 is 5.25. The second-order valence-corrected chi connectivity index (χ2v) is 6.84. The van der Waals surface area contributed by atoms with E-state index in [4.69, 9.17) is 4.74 Å². The summed E-state index contributed by atoms with van der Waals surface area (Å²) in [4.78, 5) is 30.5. The normalized spacial score (nSPS) is 14.4. The van der Waals surface area contributed by atoms with E-state index in [-0.39, 0.29) is 6.54 Å². The van der Waals surface area contributed by atoms with E-state index in [1.807, 2.05) is 36.4 Å². The predicted octanol–water partition coefficient (Wildman–Crippen LogP) is 1.74. The second-order valence-electron chi connectivity index (χ2n) is 6.84. The van der Waals surface area contributed by atoms with Crippen molar-refractivity contribution in [3.05, 3.63) is 54.4 Å². The van der Waals surface area contributed by atoms with Crippen molar-refractivity contribution in [2.45, 2.75) is 19.4 Å². The first-order valence-corrected chi connectivity index (χ1v) is 9.50. The molecule has 148 valence electrons. The maximum absolute atomic E-state index is 12.1. The summed E-state index contributed by atoms with van der Waals surface area (Å²) in [6.45, 7) is 2.64. The first kappa shape index (κ1) is 19.7. The fourth-order valence-corrected chi connectivity index (χ4v) is 3.37. The zero-order valence-electron chi connectivity index (χ0n) is 16.1. The van der Waals surface area contributed by atoms with Gasteiger partial charge in [-0.05, 0) is 37.0 Å². The van der Waals surface area contributed by atoms with Gasteiger partial charge in [0.25, 0.3) is 0 Å². The number of amides is 2. The molecule has 28 heavy (non-hydrogen) atoms. The molecular formula is C21H26N4O3. The van der Waals surface area contributed by atoms with E-state index in [0.29, 0.717) is 18.2 Å². The van der Waals surface area contributed by atoms with E-state index in [9.17, 15) is 9.59 Å². The van der Waals surface area contributed by atoms with Crippen LogP contribution in [0.2, 0.25) is 0 Å². The van der Waals surface area contributed by atoms with Gasteiger partial charge >= 0.3 is 11.8 Å². The number of methoxy groups -OCH3 is 1. The Morgan fingerprint density at radius 1 is 1.07 bits per heavy atom. The summed E-state index contributed by atoms with van der Waals surface area (Å²) in [5.74, 6) is -0.153. The molecular weight excluding hydrogens is 356 g/mol. The molecule has 7 nitrogen and oxygen atoms in total. The number of para-hydroxylation sites is 1. The fraction of sp³-hybridized carbons (Fsp3) is 0.381. The maximum atomic E-state index is 12.1. The van der Waals surface area contributed by atoms with Crippen molar-refractivity contribution in [1.29, 1.82) is 0 Å². The smallest absolute Gasteiger partial charge is 0.309 e. The largest absolute Gasteiger partial charge is 0.496 e. The van der Waals surface area contributed by atoms with Crippen molar-refractivity contribution in [2.24, 2.45) is 5.92 Å². The van der Waals surface area contributed by atoms with Crippen LogP contribution in [0.25, 0.3) is 0 Å². The molecule has 1 aromatic heterocycles. The zero-order chi connectivity index (χ0) is 19.8. The lowest BCUT2D eigenvalue weighted by atomic mass is 9.96. The van der Waals surface area contributed by atoms with Crippen molar-refractivity contribution in [1.82, 2.24) is 15.6 Å². The molecule has 1 aliphatic heterocycles. The maximum Gasteiger partial charge on any atom is 0.309 e. The van der Waals surface area contributed by atoms with Crippen LogP contribution in [-0.4, -0.2) is 43.5 Å². The van der Waals surface area contributed by atoms with Gasteiger partial charge in [0.05, 0.1) is 7.11 Å². The number of nitrogens with one attached hydrogen (secondary N) is 2. The molecule has 3 rings (SSSR count). The number of hydrogen-bond acceptors (Lipinski definition) is 5. The van der Waals surface area contributed by atoms with Crippen LogP contribution in [0.15, 0.2) is 48.8 Å². The summed E-state index contributed by atoms with van der Waals surface area (Å²) in [7, 11) is 1.58. The third kappa shape index (κ3) is 5.22. The monoisotopic (exact) mass is 382 g/mol.